The molecule has 0 aliphatic carbocycles. The largest absolute Gasteiger partial charge is 0.179 e. The third-order valence-electron chi connectivity index (χ3n) is 4.55. The SMILES string of the molecule is C[Si](C)(C)[Si](CCCS)([Si](C)(C)C)[Si](C)(C)C. The highest BCUT2D eigenvalue weighted by Crippen LogP contribution is 2.40. The summed E-state index contributed by atoms with van der Waals surface area (Å²) in [6, 6.07) is 1.58. The maximum atomic E-state index is 4.49. The molecule has 0 radical (unpaired) electrons. The van der Waals surface area contributed by atoms with E-state index < -0.39 is 29.4 Å². The van der Waals surface area contributed by atoms with Crippen LogP contribution in [-0.2, 0) is 0 Å². The molecule has 0 heterocycles. The maximum absolute atomic E-state index is 4.49. The molecule has 0 aromatic carbocycles. The molecular weight excluding hydrogens is 289 g/mol. The molecule has 0 aromatic heterocycles. The van der Waals surface area contributed by atoms with Crippen molar-refractivity contribution >= 4 is 42.0 Å². The molecule has 17 heavy (non-hydrogen) atoms. The lowest BCUT2D eigenvalue weighted by atomic mass is 10.6. The lowest BCUT2D eigenvalue weighted by Crippen LogP contribution is -2.82. The normalized spacial score (nSPS) is 15.2. The van der Waals surface area contributed by atoms with Crippen molar-refractivity contribution in [1.82, 2.24) is 0 Å². The maximum Gasteiger partial charge on any atom is 0.0374 e. The smallest absolute Gasteiger partial charge is 0.0374 e. The van der Waals surface area contributed by atoms with Gasteiger partial charge >= 0.3 is 0 Å². The van der Waals surface area contributed by atoms with Crippen molar-refractivity contribution in [3.05, 3.63) is 0 Å². The van der Waals surface area contributed by atoms with E-state index in [1.165, 1.54) is 6.42 Å². The van der Waals surface area contributed by atoms with Gasteiger partial charge in [0.25, 0.3) is 0 Å². The van der Waals surface area contributed by atoms with Gasteiger partial charge in [0.05, 0.1) is 0 Å². The van der Waals surface area contributed by atoms with E-state index >= 15 is 0 Å². The van der Waals surface area contributed by atoms with E-state index in [1.807, 2.05) is 0 Å². The Morgan fingerprint density at radius 2 is 0.941 bits per heavy atom. The first-order valence-electron chi connectivity index (χ1n) is 6.92. The van der Waals surface area contributed by atoms with Gasteiger partial charge in [-0.3, -0.25) is 0 Å². The Hall–Kier alpha value is 1.22. The van der Waals surface area contributed by atoms with Gasteiger partial charge in [-0.15, -0.1) is 0 Å². The minimum Gasteiger partial charge on any atom is -0.179 e. The third-order valence-corrected chi connectivity index (χ3v) is 79.4. The highest BCUT2D eigenvalue weighted by Gasteiger charge is 2.60. The van der Waals surface area contributed by atoms with E-state index in [-0.39, 0.29) is 0 Å². The molecule has 104 valence electrons. The first-order valence-corrected chi connectivity index (χ1v) is 23.3. The Kier molecular flexibility index (Phi) is 6.09. The monoisotopic (exact) mass is 322 g/mol. The van der Waals surface area contributed by atoms with E-state index in [0.717, 1.165) is 5.75 Å². The van der Waals surface area contributed by atoms with Crippen molar-refractivity contribution in [3.63, 3.8) is 0 Å². The molecule has 0 bridgehead atoms. The van der Waals surface area contributed by atoms with Crippen LogP contribution in [0, 0.1) is 0 Å². The van der Waals surface area contributed by atoms with Crippen molar-refractivity contribution in [2.45, 2.75) is 71.4 Å². The summed E-state index contributed by atoms with van der Waals surface area (Å²) in [7, 11) is -3.05. The van der Waals surface area contributed by atoms with E-state index in [2.05, 4.69) is 71.6 Å². The van der Waals surface area contributed by atoms with Gasteiger partial charge in [-0.25, -0.2) is 0 Å². The van der Waals surface area contributed by atoms with E-state index in [9.17, 15) is 0 Å². The zero-order chi connectivity index (χ0) is 14.1. The first kappa shape index (κ1) is 18.2. The Morgan fingerprint density at radius 1 is 0.647 bits per heavy atom. The Labute approximate surface area is 119 Å². The predicted octanol–water partition coefficient (Wildman–Crippen LogP) is 5.00. The van der Waals surface area contributed by atoms with Crippen LogP contribution < -0.4 is 0 Å². The Balaban J connectivity index is 5.75. The fourth-order valence-corrected chi connectivity index (χ4v) is 104. The van der Waals surface area contributed by atoms with Gasteiger partial charge in [0.2, 0.25) is 0 Å². The summed E-state index contributed by atoms with van der Waals surface area (Å²) in [5.74, 6) is 1.09. The molecule has 0 aliphatic heterocycles. The van der Waals surface area contributed by atoms with Crippen molar-refractivity contribution in [2.75, 3.05) is 5.75 Å². The second-order valence-electron chi connectivity index (χ2n) is 8.48. The van der Waals surface area contributed by atoms with Crippen LogP contribution in [0.1, 0.15) is 6.42 Å². The topological polar surface area (TPSA) is 0 Å². The fraction of sp³-hybridized carbons (Fsp3) is 1.00. The van der Waals surface area contributed by atoms with E-state index in [4.69, 9.17) is 0 Å². The van der Waals surface area contributed by atoms with Gasteiger partial charge in [0, 0.05) is 29.4 Å². The molecule has 0 atom stereocenters. The Bertz CT molecular complexity index is 209. The van der Waals surface area contributed by atoms with Crippen molar-refractivity contribution in [2.24, 2.45) is 0 Å². The Morgan fingerprint density at radius 3 is 1.12 bits per heavy atom. The van der Waals surface area contributed by atoms with Gasteiger partial charge in [0.1, 0.15) is 0 Å². The summed E-state index contributed by atoms with van der Waals surface area (Å²) in [5, 5.41) is 0. The number of hydrogen-bond donors (Lipinski definition) is 1. The lowest BCUT2D eigenvalue weighted by Gasteiger charge is -2.58. The van der Waals surface area contributed by atoms with Gasteiger partial charge in [-0.2, -0.15) is 12.6 Å². The molecule has 0 fully saturated rings. The van der Waals surface area contributed by atoms with Crippen LogP contribution in [0.15, 0.2) is 0 Å². The van der Waals surface area contributed by atoms with Crippen molar-refractivity contribution in [3.8, 4) is 0 Å². The van der Waals surface area contributed by atoms with Gasteiger partial charge in [-0.1, -0.05) is 65.0 Å². The summed E-state index contributed by atoms with van der Waals surface area (Å²) in [4.78, 5) is 0. The summed E-state index contributed by atoms with van der Waals surface area (Å²) < 4.78 is 0. The van der Waals surface area contributed by atoms with Crippen LogP contribution >= 0.6 is 12.6 Å². The van der Waals surface area contributed by atoms with Crippen LogP contribution in [0.25, 0.3) is 0 Å². The predicted molar refractivity (Wildman–Crippen MR) is 99.1 cm³/mol. The molecule has 0 nitrogen and oxygen atoms in total. The summed E-state index contributed by atoms with van der Waals surface area (Å²) in [6.07, 6.45) is 1.37. The zero-order valence-corrected chi connectivity index (χ0v) is 18.5. The quantitative estimate of drug-likeness (QED) is 0.516. The standard InChI is InChI=1S/C12H34SSi4/c1-14(2,3)17(12-10-11-13,15(4,5)6)16(7,8)9/h13H,10-12H2,1-9H3. The fourth-order valence-electron chi connectivity index (χ4n) is 4.84. The zero-order valence-electron chi connectivity index (χ0n) is 13.6. The summed E-state index contributed by atoms with van der Waals surface area (Å²) in [5.41, 5.74) is 0. The molecule has 0 saturated carbocycles. The highest BCUT2D eigenvalue weighted by atomic mass is 32.1. The molecule has 0 aromatic rings. The molecule has 0 saturated heterocycles. The lowest BCUT2D eigenvalue weighted by molar-refractivity contribution is 1.09. The number of hydrogen-bond acceptors (Lipinski definition) is 1. The average Bonchev–Trinajstić information content (AvgIpc) is 1.96. The first-order chi connectivity index (χ1) is 7.31. The summed E-state index contributed by atoms with van der Waals surface area (Å²) in [6.45, 7) is 23.0. The second kappa shape index (κ2) is 5.69. The molecule has 0 aliphatic rings. The molecule has 0 N–H and O–H groups in total. The van der Waals surface area contributed by atoms with Crippen LogP contribution in [0.3, 0.4) is 0 Å². The molecular formula is C12H34SSi4. The third kappa shape index (κ3) is 3.61. The minimum absolute atomic E-state index is 1.02. The molecule has 0 spiro atoms. The van der Waals surface area contributed by atoms with Gasteiger partial charge < -0.3 is 0 Å². The van der Waals surface area contributed by atoms with E-state index in [0.29, 0.717) is 0 Å². The average molecular weight is 323 g/mol. The molecule has 0 unspecified atom stereocenters. The number of thiol groups is 1. The highest BCUT2D eigenvalue weighted by molar-refractivity contribution is 7.89. The molecule has 0 amide bonds. The van der Waals surface area contributed by atoms with Crippen molar-refractivity contribution in [1.29, 1.82) is 0 Å². The van der Waals surface area contributed by atoms with Crippen LogP contribution in [-0.4, -0.2) is 35.2 Å². The number of rotatable bonds is 6. The van der Waals surface area contributed by atoms with E-state index in [1.54, 1.807) is 6.04 Å². The van der Waals surface area contributed by atoms with Gasteiger partial charge in [-0.05, 0) is 12.2 Å². The van der Waals surface area contributed by atoms with Gasteiger partial charge in [0.15, 0.2) is 0 Å². The van der Waals surface area contributed by atoms with Crippen LogP contribution in [0.4, 0.5) is 0 Å². The van der Waals surface area contributed by atoms with Crippen LogP contribution in [0.5, 0.6) is 0 Å². The minimum atomic E-state index is -1.05. The second-order valence-corrected chi connectivity index (χ2v) is 50.4. The molecule has 0 rings (SSSR count). The van der Waals surface area contributed by atoms with Crippen molar-refractivity contribution < 1.29 is 0 Å². The molecule has 5 heteroatoms. The summed E-state index contributed by atoms with van der Waals surface area (Å²) >= 11 is 4.49. The van der Waals surface area contributed by atoms with Crippen LogP contribution in [0.2, 0.25) is 65.0 Å².